The maximum atomic E-state index is 11.7. The van der Waals surface area contributed by atoms with E-state index in [-0.39, 0.29) is 23.3 Å². The number of carbonyl (C=O) groups is 1. The van der Waals surface area contributed by atoms with Crippen molar-refractivity contribution in [3.8, 4) is 0 Å². The number of Topliss-reactive ketones (excluding diaryl/α,β-unsaturated/α-hetero) is 1. The third-order valence-corrected chi connectivity index (χ3v) is 3.15. The Labute approximate surface area is 122 Å². The van der Waals surface area contributed by atoms with Crippen LogP contribution in [0.4, 0.5) is 0 Å². The molecular formula is C16H27N3O. The number of nitrogens with two attached hydrogens (primary N) is 1. The lowest BCUT2D eigenvalue weighted by molar-refractivity contribution is -0.119. The fourth-order valence-electron chi connectivity index (χ4n) is 2.27. The van der Waals surface area contributed by atoms with Gasteiger partial charge >= 0.3 is 0 Å². The highest BCUT2D eigenvalue weighted by Gasteiger charge is 2.19. The molecule has 112 valence electrons. The van der Waals surface area contributed by atoms with E-state index in [0.717, 1.165) is 12.0 Å². The lowest BCUT2D eigenvalue weighted by Crippen LogP contribution is -2.45. The van der Waals surface area contributed by atoms with Crippen LogP contribution in [-0.2, 0) is 11.2 Å². The predicted octanol–water partition coefficient (Wildman–Crippen LogP) is 1.93. The average molecular weight is 277 g/mol. The molecule has 0 aromatic carbocycles. The SMILES string of the molecule is CC(=O)[C@H](Cc1cccnc1)NC[C@@H](N)CC(C)(C)C. The van der Waals surface area contributed by atoms with Crippen LogP contribution in [0.3, 0.4) is 0 Å². The lowest BCUT2D eigenvalue weighted by Gasteiger charge is -2.25. The van der Waals surface area contributed by atoms with E-state index in [9.17, 15) is 4.79 Å². The Morgan fingerprint density at radius 1 is 1.45 bits per heavy atom. The molecule has 0 saturated heterocycles. The van der Waals surface area contributed by atoms with Crippen LogP contribution in [0.5, 0.6) is 0 Å². The summed E-state index contributed by atoms with van der Waals surface area (Å²) in [4.78, 5) is 15.8. The molecule has 0 amide bonds. The van der Waals surface area contributed by atoms with Crippen molar-refractivity contribution in [1.82, 2.24) is 10.3 Å². The van der Waals surface area contributed by atoms with Crippen molar-refractivity contribution in [2.45, 2.75) is 52.6 Å². The molecule has 3 N–H and O–H groups in total. The molecule has 2 atom stereocenters. The van der Waals surface area contributed by atoms with E-state index >= 15 is 0 Å². The molecule has 20 heavy (non-hydrogen) atoms. The van der Waals surface area contributed by atoms with Crippen molar-refractivity contribution >= 4 is 5.78 Å². The Balaban J connectivity index is 2.50. The van der Waals surface area contributed by atoms with Crippen LogP contribution >= 0.6 is 0 Å². The van der Waals surface area contributed by atoms with Gasteiger partial charge in [-0.3, -0.25) is 9.78 Å². The second kappa shape index (κ2) is 7.50. The number of carbonyl (C=O) groups excluding carboxylic acids is 1. The smallest absolute Gasteiger partial charge is 0.147 e. The van der Waals surface area contributed by atoms with Crippen molar-refractivity contribution in [3.63, 3.8) is 0 Å². The Bertz CT molecular complexity index is 411. The summed E-state index contributed by atoms with van der Waals surface area (Å²) >= 11 is 0. The quantitative estimate of drug-likeness (QED) is 0.799. The minimum Gasteiger partial charge on any atom is -0.327 e. The van der Waals surface area contributed by atoms with Crippen LogP contribution in [0.15, 0.2) is 24.5 Å². The van der Waals surface area contributed by atoms with Crippen LogP contribution in [0, 0.1) is 5.41 Å². The minimum absolute atomic E-state index is 0.0609. The summed E-state index contributed by atoms with van der Waals surface area (Å²) in [7, 11) is 0. The molecule has 0 bridgehead atoms. The van der Waals surface area contributed by atoms with Crippen LogP contribution in [-0.4, -0.2) is 29.4 Å². The van der Waals surface area contributed by atoms with E-state index in [1.165, 1.54) is 0 Å². The van der Waals surface area contributed by atoms with Crippen molar-refractivity contribution in [2.24, 2.45) is 11.1 Å². The summed E-state index contributed by atoms with van der Waals surface area (Å²) in [5.41, 5.74) is 7.38. The monoisotopic (exact) mass is 277 g/mol. The summed E-state index contributed by atoms with van der Waals surface area (Å²) in [5, 5.41) is 3.29. The number of hydrogen-bond acceptors (Lipinski definition) is 4. The predicted molar refractivity (Wildman–Crippen MR) is 82.5 cm³/mol. The number of aromatic nitrogens is 1. The van der Waals surface area contributed by atoms with E-state index in [1.807, 2.05) is 12.1 Å². The minimum atomic E-state index is -0.190. The first-order chi connectivity index (χ1) is 9.28. The number of hydrogen-bond donors (Lipinski definition) is 2. The molecule has 4 nitrogen and oxygen atoms in total. The molecule has 1 rings (SSSR count). The van der Waals surface area contributed by atoms with Crippen molar-refractivity contribution < 1.29 is 4.79 Å². The maximum absolute atomic E-state index is 11.7. The highest BCUT2D eigenvalue weighted by molar-refractivity contribution is 5.81. The van der Waals surface area contributed by atoms with Crippen molar-refractivity contribution in [2.75, 3.05) is 6.54 Å². The Hall–Kier alpha value is -1.26. The molecule has 0 saturated carbocycles. The van der Waals surface area contributed by atoms with E-state index < -0.39 is 0 Å². The lowest BCUT2D eigenvalue weighted by atomic mass is 9.88. The van der Waals surface area contributed by atoms with Gasteiger partial charge in [0.25, 0.3) is 0 Å². The summed E-state index contributed by atoms with van der Waals surface area (Å²) in [6.45, 7) is 8.78. The van der Waals surface area contributed by atoms with E-state index in [2.05, 4.69) is 31.1 Å². The second-order valence-electron chi connectivity index (χ2n) is 6.66. The molecule has 1 heterocycles. The topological polar surface area (TPSA) is 68.0 Å². The molecule has 0 aliphatic heterocycles. The summed E-state index contributed by atoms with van der Waals surface area (Å²) in [6, 6.07) is 3.74. The molecule has 0 aliphatic rings. The molecule has 0 aliphatic carbocycles. The van der Waals surface area contributed by atoms with Gasteiger partial charge in [-0.2, -0.15) is 0 Å². The van der Waals surface area contributed by atoms with Gasteiger partial charge in [-0.15, -0.1) is 0 Å². The first-order valence-electron chi connectivity index (χ1n) is 7.16. The van der Waals surface area contributed by atoms with Crippen LogP contribution in [0.25, 0.3) is 0 Å². The third kappa shape index (κ3) is 6.78. The Morgan fingerprint density at radius 3 is 2.65 bits per heavy atom. The van der Waals surface area contributed by atoms with Gasteiger partial charge in [-0.25, -0.2) is 0 Å². The first-order valence-corrected chi connectivity index (χ1v) is 7.16. The van der Waals surface area contributed by atoms with Gasteiger partial charge in [0, 0.05) is 25.0 Å². The molecule has 1 aromatic heterocycles. The van der Waals surface area contributed by atoms with Gasteiger partial charge in [0.05, 0.1) is 6.04 Å². The van der Waals surface area contributed by atoms with Gasteiger partial charge in [0.15, 0.2) is 0 Å². The number of nitrogens with zero attached hydrogens (tertiary/aromatic N) is 1. The average Bonchev–Trinajstić information content (AvgIpc) is 2.33. The van der Waals surface area contributed by atoms with Gasteiger partial charge in [0.2, 0.25) is 0 Å². The number of ketones is 1. The summed E-state index contributed by atoms with van der Waals surface area (Å²) < 4.78 is 0. The number of nitrogens with one attached hydrogen (secondary N) is 1. The van der Waals surface area contributed by atoms with Gasteiger partial charge < -0.3 is 11.1 Å². The van der Waals surface area contributed by atoms with Gasteiger partial charge in [-0.05, 0) is 36.8 Å². The Morgan fingerprint density at radius 2 is 2.15 bits per heavy atom. The second-order valence-corrected chi connectivity index (χ2v) is 6.66. The third-order valence-electron chi connectivity index (χ3n) is 3.15. The fourth-order valence-corrected chi connectivity index (χ4v) is 2.27. The van der Waals surface area contributed by atoms with Crippen molar-refractivity contribution in [1.29, 1.82) is 0 Å². The van der Waals surface area contributed by atoms with E-state index in [4.69, 9.17) is 5.73 Å². The first kappa shape index (κ1) is 16.8. The Kier molecular flexibility index (Phi) is 6.30. The molecule has 0 unspecified atom stereocenters. The fraction of sp³-hybridized carbons (Fsp3) is 0.625. The summed E-state index contributed by atoms with van der Waals surface area (Å²) in [6.07, 6.45) is 5.12. The van der Waals surface area contributed by atoms with E-state index in [1.54, 1.807) is 19.3 Å². The molecular weight excluding hydrogens is 250 g/mol. The highest BCUT2D eigenvalue weighted by atomic mass is 16.1. The van der Waals surface area contributed by atoms with Gasteiger partial charge in [0.1, 0.15) is 5.78 Å². The molecule has 4 heteroatoms. The van der Waals surface area contributed by atoms with Crippen LogP contribution in [0.2, 0.25) is 0 Å². The molecule has 1 aromatic rings. The van der Waals surface area contributed by atoms with E-state index in [0.29, 0.717) is 13.0 Å². The zero-order valence-electron chi connectivity index (χ0n) is 13.0. The van der Waals surface area contributed by atoms with Crippen LogP contribution < -0.4 is 11.1 Å². The highest BCUT2D eigenvalue weighted by Crippen LogP contribution is 2.19. The summed E-state index contributed by atoms with van der Waals surface area (Å²) in [5.74, 6) is 0.136. The standard InChI is InChI=1S/C16H27N3O/c1-12(20)15(8-13-6-5-7-18-10-13)19-11-14(17)9-16(2,3)4/h5-7,10,14-15,19H,8-9,11,17H2,1-4H3/t14-,15-/m0/s1. The molecule has 0 spiro atoms. The number of pyridine rings is 1. The number of rotatable bonds is 7. The van der Waals surface area contributed by atoms with Crippen molar-refractivity contribution in [3.05, 3.63) is 30.1 Å². The molecule has 0 fully saturated rings. The molecule has 0 radical (unpaired) electrons. The maximum Gasteiger partial charge on any atom is 0.147 e. The zero-order valence-corrected chi connectivity index (χ0v) is 13.0. The normalized spacial score (nSPS) is 14.8. The zero-order chi connectivity index (χ0) is 15.2. The largest absolute Gasteiger partial charge is 0.327 e. The van der Waals surface area contributed by atoms with Gasteiger partial charge in [-0.1, -0.05) is 26.8 Å². The van der Waals surface area contributed by atoms with Crippen LogP contribution in [0.1, 0.15) is 39.7 Å².